The first-order valence-electron chi connectivity index (χ1n) is 9.11. The van der Waals surface area contributed by atoms with Crippen LogP contribution in [0.1, 0.15) is 36.0 Å². The summed E-state index contributed by atoms with van der Waals surface area (Å²) in [5.41, 5.74) is 2.75. The lowest BCUT2D eigenvalue weighted by Gasteiger charge is -2.27. The van der Waals surface area contributed by atoms with Gasteiger partial charge in [0.1, 0.15) is 5.00 Å². The van der Waals surface area contributed by atoms with Gasteiger partial charge in [0, 0.05) is 24.5 Å². The Kier molecular flexibility index (Phi) is 7.70. The van der Waals surface area contributed by atoms with Crippen LogP contribution in [0.5, 0.6) is 0 Å². The number of methoxy groups -OCH3 is 1. The zero-order valence-electron chi connectivity index (χ0n) is 16.1. The van der Waals surface area contributed by atoms with Gasteiger partial charge in [-0.1, -0.05) is 30.3 Å². The lowest BCUT2D eigenvalue weighted by molar-refractivity contribution is 0.0600. The molecular formula is C21H20BrClN2O3S2. The number of nitrogens with one attached hydrogen (secondary N) is 1. The van der Waals surface area contributed by atoms with Crippen molar-refractivity contribution >= 4 is 67.9 Å². The molecule has 0 spiro atoms. The topological polar surface area (TPSA) is 58.6 Å². The minimum Gasteiger partial charge on any atom is -0.465 e. The minimum absolute atomic E-state index is 0. The Hall–Kier alpha value is -1.71. The molecule has 0 atom stereocenters. The number of benzene rings is 1. The van der Waals surface area contributed by atoms with Gasteiger partial charge in [-0.2, -0.15) is 0 Å². The van der Waals surface area contributed by atoms with E-state index in [1.54, 1.807) is 6.07 Å². The van der Waals surface area contributed by atoms with E-state index in [1.807, 2.05) is 24.3 Å². The van der Waals surface area contributed by atoms with E-state index in [2.05, 4.69) is 38.3 Å². The van der Waals surface area contributed by atoms with Crippen molar-refractivity contribution in [3.63, 3.8) is 0 Å². The minimum atomic E-state index is -0.401. The first-order chi connectivity index (χ1) is 14.0. The number of carbonyl (C=O) groups is 2. The number of hydrogen-bond acceptors (Lipinski definition) is 6. The van der Waals surface area contributed by atoms with Crippen LogP contribution in [-0.4, -0.2) is 30.4 Å². The molecule has 5 nitrogen and oxygen atoms in total. The molecule has 30 heavy (non-hydrogen) atoms. The molecule has 0 saturated carbocycles. The van der Waals surface area contributed by atoms with E-state index in [1.165, 1.54) is 35.3 Å². The van der Waals surface area contributed by atoms with Gasteiger partial charge < -0.3 is 10.1 Å². The summed E-state index contributed by atoms with van der Waals surface area (Å²) < 4.78 is 5.90. The van der Waals surface area contributed by atoms with Crippen LogP contribution in [0.4, 0.5) is 5.00 Å². The molecule has 4 rings (SSSR count). The summed E-state index contributed by atoms with van der Waals surface area (Å²) >= 11 is 6.20. The zero-order chi connectivity index (χ0) is 20.4. The summed E-state index contributed by atoms with van der Waals surface area (Å²) in [7, 11) is 1.37. The van der Waals surface area contributed by atoms with Crippen LogP contribution in [0, 0.1) is 0 Å². The Morgan fingerprint density at radius 3 is 2.60 bits per heavy atom. The lowest BCUT2D eigenvalue weighted by Crippen LogP contribution is -2.29. The van der Waals surface area contributed by atoms with Crippen LogP contribution in [0.25, 0.3) is 0 Å². The van der Waals surface area contributed by atoms with Gasteiger partial charge in [-0.15, -0.1) is 35.1 Å². The Morgan fingerprint density at radius 2 is 1.93 bits per heavy atom. The molecular weight excluding hydrogens is 508 g/mol. The van der Waals surface area contributed by atoms with E-state index >= 15 is 0 Å². The number of rotatable bonds is 5. The van der Waals surface area contributed by atoms with Crippen molar-refractivity contribution in [3.8, 4) is 0 Å². The third-order valence-corrected chi connectivity index (χ3v) is 7.55. The monoisotopic (exact) mass is 526 g/mol. The predicted octanol–water partition coefficient (Wildman–Crippen LogP) is 5.59. The van der Waals surface area contributed by atoms with E-state index in [0.29, 0.717) is 15.4 Å². The van der Waals surface area contributed by atoms with E-state index < -0.39 is 5.97 Å². The third kappa shape index (κ3) is 4.95. The number of fused-ring (bicyclic) bond motifs is 1. The number of halogens is 2. The number of thiophene rings is 2. The number of anilines is 1. The summed E-state index contributed by atoms with van der Waals surface area (Å²) in [4.78, 5) is 29.2. The highest BCUT2D eigenvalue weighted by molar-refractivity contribution is 9.11. The smallest absolute Gasteiger partial charge is 0.341 e. The highest BCUT2D eigenvalue weighted by Crippen LogP contribution is 2.38. The molecule has 9 heteroatoms. The lowest BCUT2D eigenvalue weighted by atomic mass is 10.0. The van der Waals surface area contributed by atoms with Gasteiger partial charge in [-0.05, 0) is 45.6 Å². The van der Waals surface area contributed by atoms with Crippen molar-refractivity contribution in [3.05, 3.63) is 72.7 Å². The Morgan fingerprint density at radius 1 is 1.17 bits per heavy atom. The average Bonchev–Trinajstić information content (AvgIpc) is 3.31. The number of esters is 1. The van der Waals surface area contributed by atoms with Crippen molar-refractivity contribution < 1.29 is 14.3 Å². The summed E-state index contributed by atoms with van der Waals surface area (Å²) in [5, 5.41) is 3.49. The van der Waals surface area contributed by atoms with Crippen LogP contribution < -0.4 is 5.32 Å². The quantitative estimate of drug-likeness (QED) is 0.439. The van der Waals surface area contributed by atoms with Crippen molar-refractivity contribution in [1.82, 2.24) is 4.90 Å². The fourth-order valence-corrected chi connectivity index (χ4v) is 5.99. The van der Waals surface area contributed by atoms with E-state index in [4.69, 9.17) is 4.74 Å². The van der Waals surface area contributed by atoms with Crippen LogP contribution in [-0.2, 0) is 24.2 Å². The Balaban J connectivity index is 0.00000256. The van der Waals surface area contributed by atoms with Gasteiger partial charge in [-0.25, -0.2) is 4.79 Å². The normalized spacial score (nSPS) is 13.3. The number of carbonyl (C=O) groups excluding carboxylic acids is 2. The van der Waals surface area contributed by atoms with Crippen molar-refractivity contribution in [2.75, 3.05) is 19.0 Å². The van der Waals surface area contributed by atoms with E-state index in [9.17, 15) is 9.59 Å². The standard InChI is InChI=1S/C21H19BrN2O3S2.ClH/c1-27-21(26)18-14-9-10-24(11-13-5-3-2-4-6-13)12-16(14)29-20(18)23-19(25)15-7-8-17(22)28-15;/h2-8H,9-12H2,1H3,(H,23,25);1H. The summed E-state index contributed by atoms with van der Waals surface area (Å²) in [6.45, 7) is 2.46. The molecule has 0 bridgehead atoms. The second kappa shape index (κ2) is 10.1. The molecule has 3 aromatic rings. The number of nitrogens with zero attached hydrogens (tertiary/aromatic N) is 1. The predicted molar refractivity (Wildman–Crippen MR) is 127 cm³/mol. The Bertz CT molecular complexity index is 1050. The average molecular weight is 528 g/mol. The SMILES string of the molecule is COC(=O)c1c(NC(=O)c2ccc(Br)s2)sc2c1CCN(Cc1ccccc1)C2.Cl. The van der Waals surface area contributed by atoms with Gasteiger partial charge in [-0.3, -0.25) is 9.69 Å². The summed E-state index contributed by atoms with van der Waals surface area (Å²) in [6, 6.07) is 13.9. The Labute approximate surface area is 197 Å². The van der Waals surface area contributed by atoms with E-state index in [-0.39, 0.29) is 18.3 Å². The van der Waals surface area contributed by atoms with E-state index in [0.717, 1.165) is 40.3 Å². The van der Waals surface area contributed by atoms with Gasteiger partial charge in [0.05, 0.1) is 21.3 Å². The molecule has 1 aromatic carbocycles. The third-order valence-electron chi connectivity index (χ3n) is 4.80. The molecule has 1 aliphatic heterocycles. The first kappa shape index (κ1) is 23.0. The fraction of sp³-hybridized carbons (Fsp3) is 0.238. The highest BCUT2D eigenvalue weighted by Gasteiger charge is 2.29. The van der Waals surface area contributed by atoms with Crippen LogP contribution in [0.3, 0.4) is 0 Å². The van der Waals surface area contributed by atoms with Gasteiger partial charge >= 0.3 is 5.97 Å². The second-order valence-electron chi connectivity index (χ2n) is 6.70. The molecule has 0 fully saturated rings. The fourth-order valence-electron chi connectivity index (χ4n) is 3.44. The first-order valence-corrected chi connectivity index (χ1v) is 11.5. The molecule has 0 saturated heterocycles. The summed E-state index contributed by atoms with van der Waals surface area (Å²) in [5.74, 6) is -0.618. The number of hydrogen-bond donors (Lipinski definition) is 1. The molecule has 0 aliphatic carbocycles. The zero-order valence-corrected chi connectivity index (χ0v) is 20.2. The molecule has 2 aromatic heterocycles. The van der Waals surface area contributed by atoms with Crippen molar-refractivity contribution in [2.24, 2.45) is 0 Å². The molecule has 0 radical (unpaired) electrons. The van der Waals surface area contributed by atoms with Crippen LogP contribution in [0.2, 0.25) is 0 Å². The molecule has 0 unspecified atom stereocenters. The van der Waals surface area contributed by atoms with Gasteiger partial charge in [0.25, 0.3) is 5.91 Å². The maximum atomic E-state index is 12.6. The van der Waals surface area contributed by atoms with Crippen LogP contribution in [0.15, 0.2) is 46.3 Å². The van der Waals surface area contributed by atoms with Crippen molar-refractivity contribution in [1.29, 1.82) is 0 Å². The van der Waals surface area contributed by atoms with Gasteiger partial charge in [0.15, 0.2) is 0 Å². The molecule has 3 heterocycles. The maximum Gasteiger partial charge on any atom is 0.341 e. The molecule has 158 valence electrons. The molecule has 1 amide bonds. The largest absolute Gasteiger partial charge is 0.465 e. The number of ether oxygens (including phenoxy) is 1. The molecule has 1 aliphatic rings. The van der Waals surface area contributed by atoms with Crippen LogP contribution >= 0.6 is 51.0 Å². The molecule has 1 N–H and O–H groups in total. The highest BCUT2D eigenvalue weighted by atomic mass is 79.9. The summed E-state index contributed by atoms with van der Waals surface area (Å²) in [6.07, 6.45) is 0.753. The van der Waals surface area contributed by atoms with Crippen molar-refractivity contribution in [2.45, 2.75) is 19.5 Å². The second-order valence-corrected chi connectivity index (χ2v) is 10.3. The number of amides is 1. The maximum absolute atomic E-state index is 12.6. The van der Waals surface area contributed by atoms with Gasteiger partial charge in [0.2, 0.25) is 0 Å².